The molecule has 6 nitrogen and oxygen atoms in total. The van der Waals surface area contributed by atoms with Gasteiger partial charge >= 0.3 is 0 Å². The Labute approximate surface area is 198 Å². The first kappa shape index (κ1) is 21.8. The van der Waals surface area contributed by atoms with E-state index in [4.69, 9.17) is 4.74 Å². The molecule has 1 aliphatic heterocycles. The molecule has 0 bridgehead atoms. The second-order valence-electron chi connectivity index (χ2n) is 8.56. The van der Waals surface area contributed by atoms with Crippen LogP contribution in [0.5, 0.6) is 5.75 Å². The lowest BCUT2D eigenvalue weighted by Gasteiger charge is -2.44. The van der Waals surface area contributed by atoms with Gasteiger partial charge in [0.05, 0.1) is 13.2 Å². The topological polar surface area (TPSA) is 56.1 Å². The Morgan fingerprint density at radius 1 is 1.00 bits per heavy atom. The van der Waals surface area contributed by atoms with E-state index in [-0.39, 0.29) is 17.9 Å². The fourth-order valence-electron chi connectivity index (χ4n) is 4.67. The summed E-state index contributed by atoms with van der Waals surface area (Å²) in [5, 5.41) is 11.5. The highest BCUT2D eigenvalue weighted by atomic mass is 19.1. The minimum absolute atomic E-state index is 0.00362. The van der Waals surface area contributed by atoms with Crippen molar-refractivity contribution in [3.05, 3.63) is 101 Å². The first-order valence-corrected chi connectivity index (χ1v) is 11.2. The van der Waals surface area contributed by atoms with Gasteiger partial charge in [0.2, 0.25) is 0 Å². The van der Waals surface area contributed by atoms with Crippen LogP contribution in [-0.2, 0) is 13.5 Å². The Morgan fingerprint density at radius 3 is 2.44 bits per heavy atom. The van der Waals surface area contributed by atoms with E-state index in [0.717, 1.165) is 23.4 Å². The molecule has 2 atom stereocenters. The Balaban J connectivity index is 1.54. The van der Waals surface area contributed by atoms with E-state index < -0.39 is 0 Å². The predicted molar refractivity (Wildman–Crippen MR) is 131 cm³/mol. The second kappa shape index (κ2) is 9.09. The number of halogens is 1. The summed E-state index contributed by atoms with van der Waals surface area (Å²) >= 11 is 0. The lowest BCUT2D eigenvalue weighted by molar-refractivity contribution is 0.412. The van der Waals surface area contributed by atoms with Gasteiger partial charge in [0.15, 0.2) is 5.82 Å². The summed E-state index contributed by atoms with van der Waals surface area (Å²) in [5.74, 6) is 1.32. The third kappa shape index (κ3) is 4.17. The number of hydrogen-bond acceptors (Lipinski definition) is 5. The second-order valence-corrected chi connectivity index (χ2v) is 8.56. The van der Waals surface area contributed by atoms with Crippen molar-refractivity contribution in [3.63, 3.8) is 0 Å². The number of hydrogen-bond donors (Lipinski definition) is 0. The largest absolute Gasteiger partial charge is 0.497 e. The molecule has 1 aromatic heterocycles. The van der Waals surface area contributed by atoms with Gasteiger partial charge in [0, 0.05) is 18.8 Å². The Bertz CT molecular complexity index is 1310. The number of rotatable bonds is 5. The highest BCUT2D eigenvalue weighted by Crippen LogP contribution is 2.42. The molecule has 0 amide bonds. The van der Waals surface area contributed by atoms with E-state index in [1.165, 1.54) is 28.8 Å². The Kier molecular flexibility index (Phi) is 5.84. The molecule has 0 aliphatic carbocycles. The summed E-state index contributed by atoms with van der Waals surface area (Å²) in [6.45, 7) is 2.21. The molecule has 1 aliphatic rings. The quantitative estimate of drug-likeness (QED) is 0.421. The van der Waals surface area contributed by atoms with Crippen LogP contribution in [0, 0.1) is 5.82 Å². The van der Waals surface area contributed by atoms with Gasteiger partial charge in [0.1, 0.15) is 11.6 Å². The minimum Gasteiger partial charge on any atom is -0.497 e. The molecule has 0 saturated carbocycles. The summed E-state index contributed by atoms with van der Waals surface area (Å²) in [6, 6.07) is 21.8. The van der Waals surface area contributed by atoms with Crippen molar-refractivity contribution in [1.82, 2.24) is 20.2 Å². The molecule has 0 spiro atoms. The number of aromatic nitrogens is 4. The molecule has 2 heterocycles. The first-order chi connectivity index (χ1) is 16.5. The average molecular weight is 456 g/mol. The number of tetrazole rings is 1. The molecule has 7 heteroatoms. The smallest absolute Gasteiger partial charge is 0.174 e. The molecule has 0 fully saturated rings. The van der Waals surface area contributed by atoms with E-state index in [9.17, 15) is 4.39 Å². The molecule has 2 unspecified atom stereocenters. The predicted octanol–water partition coefficient (Wildman–Crippen LogP) is 5.07. The molecule has 34 heavy (non-hydrogen) atoms. The van der Waals surface area contributed by atoms with Crippen molar-refractivity contribution in [1.29, 1.82) is 0 Å². The number of nitrogens with zero attached hydrogens (tertiary/aromatic N) is 5. The van der Waals surface area contributed by atoms with Crippen LogP contribution >= 0.6 is 0 Å². The Morgan fingerprint density at radius 2 is 1.76 bits per heavy atom. The number of aryl methyl sites for hydroxylation is 1. The van der Waals surface area contributed by atoms with Gasteiger partial charge in [-0.05, 0) is 88.5 Å². The van der Waals surface area contributed by atoms with Crippen LogP contribution < -0.4 is 9.64 Å². The van der Waals surface area contributed by atoms with Gasteiger partial charge in [-0.1, -0.05) is 36.4 Å². The van der Waals surface area contributed by atoms with E-state index in [1.807, 2.05) is 37.4 Å². The van der Waals surface area contributed by atoms with Crippen LogP contribution in [-0.4, -0.2) is 33.4 Å². The lowest BCUT2D eigenvalue weighted by atomic mass is 9.84. The van der Waals surface area contributed by atoms with Crippen molar-refractivity contribution in [2.45, 2.75) is 25.4 Å². The summed E-state index contributed by atoms with van der Waals surface area (Å²) in [4.78, 5) is 2.38. The molecule has 4 aromatic rings. The van der Waals surface area contributed by atoms with Crippen molar-refractivity contribution in [2.24, 2.45) is 7.05 Å². The number of ether oxygens (including phenoxy) is 1. The van der Waals surface area contributed by atoms with Crippen LogP contribution in [0.25, 0.3) is 12.2 Å². The maximum Gasteiger partial charge on any atom is 0.174 e. The van der Waals surface area contributed by atoms with E-state index >= 15 is 0 Å². The summed E-state index contributed by atoms with van der Waals surface area (Å²) in [7, 11) is 3.50. The van der Waals surface area contributed by atoms with Crippen LogP contribution in [0.3, 0.4) is 0 Å². The number of benzene rings is 3. The van der Waals surface area contributed by atoms with Crippen molar-refractivity contribution >= 4 is 17.8 Å². The van der Waals surface area contributed by atoms with Gasteiger partial charge < -0.3 is 9.64 Å². The summed E-state index contributed by atoms with van der Waals surface area (Å²) in [6.07, 6.45) is 4.77. The van der Waals surface area contributed by atoms with Crippen LogP contribution in [0.1, 0.15) is 41.0 Å². The standard InChI is InChI=1S/C27H26FN5O/c1-18-16-21-17-24(34-3)13-14-25(21)27(33(18)23-11-9-22(28)10-12-23)20-7-4-19(5-8-20)6-15-26-29-30-31-32(26)2/h4-15,17-18,27H,16H2,1-3H3/b15-6+. The van der Waals surface area contributed by atoms with Gasteiger partial charge in [-0.2, -0.15) is 0 Å². The molecule has 0 radical (unpaired) electrons. The molecular weight excluding hydrogens is 429 g/mol. The van der Waals surface area contributed by atoms with E-state index in [2.05, 4.69) is 63.7 Å². The number of anilines is 1. The zero-order chi connectivity index (χ0) is 23.7. The zero-order valence-corrected chi connectivity index (χ0v) is 19.4. The minimum atomic E-state index is -0.232. The maximum absolute atomic E-state index is 13.7. The van der Waals surface area contributed by atoms with Crippen molar-refractivity contribution in [3.8, 4) is 5.75 Å². The van der Waals surface area contributed by atoms with Crippen molar-refractivity contribution in [2.75, 3.05) is 12.0 Å². The van der Waals surface area contributed by atoms with Gasteiger partial charge in [0.25, 0.3) is 0 Å². The lowest BCUT2D eigenvalue weighted by Crippen LogP contribution is -2.42. The van der Waals surface area contributed by atoms with Gasteiger partial charge in [-0.25, -0.2) is 9.07 Å². The van der Waals surface area contributed by atoms with E-state index in [0.29, 0.717) is 5.82 Å². The highest BCUT2D eigenvalue weighted by Gasteiger charge is 2.33. The molecule has 0 N–H and O–H groups in total. The Hall–Kier alpha value is -4.00. The SMILES string of the molecule is COc1ccc2c(c1)CC(C)N(c1ccc(F)cc1)C2c1ccc(/C=C/c2nnnn2C)cc1. The molecule has 5 rings (SSSR count). The molecular formula is C27H26FN5O. The maximum atomic E-state index is 13.7. The average Bonchev–Trinajstić information content (AvgIpc) is 3.27. The summed E-state index contributed by atoms with van der Waals surface area (Å²) < 4.78 is 20.8. The normalized spacial score (nSPS) is 17.7. The van der Waals surface area contributed by atoms with E-state index in [1.54, 1.807) is 11.8 Å². The first-order valence-electron chi connectivity index (χ1n) is 11.2. The van der Waals surface area contributed by atoms with Gasteiger partial charge in [-0.3, -0.25) is 0 Å². The number of methoxy groups -OCH3 is 1. The molecule has 0 saturated heterocycles. The third-order valence-electron chi connectivity index (χ3n) is 6.37. The monoisotopic (exact) mass is 455 g/mol. The number of fused-ring (bicyclic) bond motifs is 1. The fourth-order valence-corrected chi connectivity index (χ4v) is 4.67. The van der Waals surface area contributed by atoms with Crippen LogP contribution in [0.4, 0.5) is 10.1 Å². The third-order valence-corrected chi connectivity index (χ3v) is 6.37. The summed E-state index contributed by atoms with van der Waals surface area (Å²) in [5.41, 5.74) is 5.73. The zero-order valence-electron chi connectivity index (χ0n) is 19.4. The fraction of sp³-hybridized carbons (Fsp3) is 0.222. The highest BCUT2D eigenvalue weighted by molar-refractivity contribution is 5.67. The van der Waals surface area contributed by atoms with Crippen molar-refractivity contribution < 1.29 is 9.13 Å². The molecule has 172 valence electrons. The molecule has 3 aromatic carbocycles. The van der Waals surface area contributed by atoms with Crippen LogP contribution in [0.15, 0.2) is 66.7 Å². The van der Waals surface area contributed by atoms with Gasteiger partial charge in [-0.15, -0.1) is 5.10 Å². The van der Waals surface area contributed by atoms with Crippen LogP contribution in [0.2, 0.25) is 0 Å².